The van der Waals surface area contributed by atoms with Gasteiger partial charge < -0.3 is 10.2 Å². The lowest BCUT2D eigenvalue weighted by Gasteiger charge is -2.25. The summed E-state index contributed by atoms with van der Waals surface area (Å²) in [6, 6.07) is 1.39. The van der Waals surface area contributed by atoms with E-state index in [1.165, 1.54) is 13.1 Å². The lowest BCUT2D eigenvalue weighted by molar-refractivity contribution is 0.223. The van der Waals surface area contributed by atoms with Gasteiger partial charge in [-0.1, -0.05) is 6.92 Å². The van der Waals surface area contributed by atoms with Crippen LogP contribution >= 0.6 is 0 Å². The summed E-state index contributed by atoms with van der Waals surface area (Å²) in [5, 5.41) is 3.25. The summed E-state index contributed by atoms with van der Waals surface area (Å²) in [6.45, 7) is 8.22. The van der Waals surface area contributed by atoms with Crippen molar-refractivity contribution in [1.82, 2.24) is 15.1 Å². The van der Waals surface area contributed by atoms with Gasteiger partial charge in [-0.15, -0.1) is 0 Å². The summed E-state index contributed by atoms with van der Waals surface area (Å²) in [5.74, 6) is 0.796. The fraction of sp³-hybridized carbons (Fsp3) is 1.00. The van der Waals surface area contributed by atoms with Crippen LogP contribution in [0.2, 0.25) is 0 Å². The summed E-state index contributed by atoms with van der Waals surface area (Å²) in [6.07, 6.45) is 0. The van der Waals surface area contributed by atoms with Gasteiger partial charge in [0.25, 0.3) is 0 Å². The molecule has 0 saturated carbocycles. The molecular formula is C11H25N3. The average molecular weight is 199 g/mol. The molecule has 0 bridgehead atoms. The molecule has 1 heterocycles. The second kappa shape index (κ2) is 5.10. The fourth-order valence-electron chi connectivity index (χ4n) is 2.44. The minimum absolute atomic E-state index is 0.660. The lowest BCUT2D eigenvalue weighted by atomic mass is 10.1. The van der Waals surface area contributed by atoms with Crippen molar-refractivity contribution in [2.75, 3.05) is 40.8 Å². The van der Waals surface area contributed by atoms with E-state index in [-0.39, 0.29) is 0 Å². The van der Waals surface area contributed by atoms with Crippen molar-refractivity contribution in [3.63, 3.8) is 0 Å². The molecule has 84 valence electrons. The molecule has 0 aliphatic carbocycles. The molecule has 0 spiro atoms. The van der Waals surface area contributed by atoms with E-state index in [1.807, 2.05) is 7.05 Å². The molecule has 1 fully saturated rings. The van der Waals surface area contributed by atoms with Gasteiger partial charge in [0.2, 0.25) is 0 Å². The molecule has 3 heteroatoms. The molecule has 0 aromatic carbocycles. The summed E-state index contributed by atoms with van der Waals surface area (Å²) < 4.78 is 0. The Morgan fingerprint density at radius 1 is 1.43 bits per heavy atom. The second-order valence-corrected chi connectivity index (χ2v) is 4.87. The first-order valence-corrected chi connectivity index (χ1v) is 5.61. The molecule has 1 aliphatic heterocycles. The average Bonchev–Trinajstić information content (AvgIpc) is 2.48. The van der Waals surface area contributed by atoms with Crippen LogP contribution in [0.5, 0.6) is 0 Å². The number of likely N-dealkylation sites (tertiary alicyclic amines) is 1. The summed E-state index contributed by atoms with van der Waals surface area (Å²) in [5.41, 5.74) is 0. The van der Waals surface area contributed by atoms with Gasteiger partial charge >= 0.3 is 0 Å². The first-order chi connectivity index (χ1) is 6.56. The van der Waals surface area contributed by atoms with E-state index in [4.69, 9.17) is 0 Å². The molecule has 0 aromatic heterocycles. The Balaban J connectivity index is 2.45. The maximum Gasteiger partial charge on any atom is 0.0254 e. The van der Waals surface area contributed by atoms with E-state index in [0.717, 1.165) is 18.5 Å². The van der Waals surface area contributed by atoms with Gasteiger partial charge in [-0.05, 0) is 34.0 Å². The van der Waals surface area contributed by atoms with E-state index in [0.29, 0.717) is 6.04 Å². The van der Waals surface area contributed by atoms with Gasteiger partial charge in [0, 0.05) is 31.7 Å². The Bertz CT molecular complexity index is 170. The second-order valence-electron chi connectivity index (χ2n) is 4.87. The van der Waals surface area contributed by atoms with E-state index in [1.54, 1.807) is 0 Å². The maximum absolute atomic E-state index is 3.25. The zero-order chi connectivity index (χ0) is 10.7. The van der Waals surface area contributed by atoms with Crippen LogP contribution in [0.3, 0.4) is 0 Å². The summed E-state index contributed by atoms with van der Waals surface area (Å²) in [4.78, 5) is 4.95. The summed E-state index contributed by atoms with van der Waals surface area (Å²) >= 11 is 0. The lowest BCUT2D eigenvalue weighted by Crippen LogP contribution is -2.40. The smallest absolute Gasteiger partial charge is 0.0254 e. The number of hydrogen-bond donors (Lipinski definition) is 1. The third kappa shape index (κ3) is 2.69. The standard InChI is InChI=1S/C11H25N3/c1-9-7-14(10(2)6-12-3)8-11(9)13(4)5/h9-12H,6-8H2,1-5H3. The number of hydrogen-bond acceptors (Lipinski definition) is 3. The van der Waals surface area contributed by atoms with Gasteiger partial charge in [0.1, 0.15) is 0 Å². The van der Waals surface area contributed by atoms with Crippen LogP contribution in [0.25, 0.3) is 0 Å². The number of likely N-dealkylation sites (N-methyl/N-ethyl adjacent to an activating group) is 2. The van der Waals surface area contributed by atoms with Crippen LogP contribution in [-0.2, 0) is 0 Å². The van der Waals surface area contributed by atoms with Crippen LogP contribution in [-0.4, -0.2) is 62.7 Å². The SMILES string of the molecule is CNCC(C)N1CC(C)C(N(C)C)C1. The highest BCUT2D eigenvalue weighted by atomic mass is 15.3. The molecule has 0 aromatic rings. The Hall–Kier alpha value is -0.120. The van der Waals surface area contributed by atoms with Gasteiger partial charge in [0.15, 0.2) is 0 Å². The molecule has 3 nitrogen and oxygen atoms in total. The zero-order valence-electron chi connectivity index (χ0n) is 10.2. The normalized spacial score (nSPS) is 31.3. The topological polar surface area (TPSA) is 18.5 Å². The van der Waals surface area contributed by atoms with Crippen LogP contribution in [0.1, 0.15) is 13.8 Å². The molecule has 1 aliphatic rings. The Morgan fingerprint density at radius 3 is 2.50 bits per heavy atom. The number of nitrogens with one attached hydrogen (secondary N) is 1. The molecule has 14 heavy (non-hydrogen) atoms. The van der Waals surface area contributed by atoms with Crippen molar-refractivity contribution >= 4 is 0 Å². The highest BCUT2D eigenvalue weighted by molar-refractivity contribution is 4.89. The minimum atomic E-state index is 0.660. The van der Waals surface area contributed by atoms with E-state index in [2.05, 4.69) is 43.1 Å². The molecule has 1 rings (SSSR count). The van der Waals surface area contributed by atoms with Crippen molar-refractivity contribution < 1.29 is 0 Å². The minimum Gasteiger partial charge on any atom is -0.318 e. The van der Waals surface area contributed by atoms with Gasteiger partial charge in [-0.3, -0.25) is 4.90 Å². The van der Waals surface area contributed by atoms with E-state index in [9.17, 15) is 0 Å². The van der Waals surface area contributed by atoms with E-state index < -0.39 is 0 Å². The maximum atomic E-state index is 3.25. The van der Waals surface area contributed by atoms with Crippen LogP contribution in [0.4, 0.5) is 0 Å². The van der Waals surface area contributed by atoms with Crippen LogP contribution in [0, 0.1) is 5.92 Å². The van der Waals surface area contributed by atoms with Crippen molar-refractivity contribution in [2.45, 2.75) is 25.9 Å². The summed E-state index contributed by atoms with van der Waals surface area (Å²) in [7, 11) is 6.40. The quantitative estimate of drug-likeness (QED) is 0.710. The molecule has 1 N–H and O–H groups in total. The molecular weight excluding hydrogens is 174 g/mol. The molecule has 1 saturated heterocycles. The fourth-order valence-corrected chi connectivity index (χ4v) is 2.44. The van der Waals surface area contributed by atoms with Crippen molar-refractivity contribution in [3.8, 4) is 0 Å². The third-order valence-corrected chi connectivity index (χ3v) is 3.39. The van der Waals surface area contributed by atoms with Crippen LogP contribution < -0.4 is 5.32 Å². The molecule has 3 atom stereocenters. The Kier molecular flexibility index (Phi) is 4.35. The highest BCUT2D eigenvalue weighted by Crippen LogP contribution is 2.21. The first-order valence-electron chi connectivity index (χ1n) is 5.61. The molecule has 0 amide bonds. The third-order valence-electron chi connectivity index (χ3n) is 3.39. The van der Waals surface area contributed by atoms with Gasteiger partial charge in [-0.2, -0.15) is 0 Å². The molecule has 0 radical (unpaired) electrons. The Labute approximate surface area is 88.5 Å². The predicted octanol–water partition coefficient (Wildman–Crippen LogP) is 0.476. The van der Waals surface area contributed by atoms with Gasteiger partial charge in [0.05, 0.1) is 0 Å². The van der Waals surface area contributed by atoms with Crippen molar-refractivity contribution in [2.24, 2.45) is 5.92 Å². The predicted molar refractivity (Wildman–Crippen MR) is 61.6 cm³/mol. The monoisotopic (exact) mass is 199 g/mol. The van der Waals surface area contributed by atoms with Crippen LogP contribution in [0.15, 0.2) is 0 Å². The van der Waals surface area contributed by atoms with E-state index >= 15 is 0 Å². The number of nitrogens with zero attached hydrogens (tertiary/aromatic N) is 2. The molecule has 3 unspecified atom stereocenters. The first kappa shape index (κ1) is 12.0. The van der Waals surface area contributed by atoms with Crippen molar-refractivity contribution in [1.29, 1.82) is 0 Å². The largest absolute Gasteiger partial charge is 0.318 e. The van der Waals surface area contributed by atoms with Gasteiger partial charge in [-0.25, -0.2) is 0 Å². The number of rotatable bonds is 4. The Morgan fingerprint density at radius 2 is 2.07 bits per heavy atom. The highest BCUT2D eigenvalue weighted by Gasteiger charge is 2.32. The van der Waals surface area contributed by atoms with Crippen molar-refractivity contribution in [3.05, 3.63) is 0 Å². The zero-order valence-corrected chi connectivity index (χ0v) is 10.2.